The van der Waals surface area contributed by atoms with Gasteiger partial charge in [0.1, 0.15) is 5.75 Å². The number of anilines is 1. The molecular weight excluding hydrogens is 444 g/mol. The largest absolute Gasteiger partial charge is 0.497 e. The Morgan fingerprint density at radius 1 is 1.06 bits per heavy atom. The van der Waals surface area contributed by atoms with Gasteiger partial charge in [0.05, 0.1) is 12.9 Å². The molecule has 4 aromatic rings. The number of nitrogens with one attached hydrogen (secondary N) is 1. The van der Waals surface area contributed by atoms with Crippen LogP contribution in [0.5, 0.6) is 5.75 Å². The van der Waals surface area contributed by atoms with Crippen molar-refractivity contribution in [2.24, 2.45) is 0 Å². The Labute approximate surface area is 195 Å². The number of ether oxygens (including phenoxy) is 1. The Hall–Kier alpha value is -3.29. The van der Waals surface area contributed by atoms with Gasteiger partial charge in [0.15, 0.2) is 11.0 Å². The number of aromatic nitrogens is 3. The lowest BCUT2D eigenvalue weighted by Gasteiger charge is -2.11. The second kappa shape index (κ2) is 9.89. The number of aryl methyl sites for hydroxylation is 1. The van der Waals surface area contributed by atoms with Crippen molar-refractivity contribution in [2.45, 2.75) is 12.1 Å². The molecule has 0 aliphatic rings. The van der Waals surface area contributed by atoms with Gasteiger partial charge in [0.2, 0.25) is 5.91 Å². The zero-order chi connectivity index (χ0) is 22.5. The fourth-order valence-electron chi connectivity index (χ4n) is 3.13. The number of benzene rings is 3. The average molecular weight is 465 g/mol. The number of amides is 1. The predicted molar refractivity (Wildman–Crippen MR) is 129 cm³/mol. The summed E-state index contributed by atoms with van der Waals surface area (Å²) in [5.41, 5.74) is 3.58. The van der Waals surface area contributed by atoms with Crippen LogP contribution in [0.2, 0.25) is 5.02 Å². The highest BCUT2D eigenvalue weighted by atomic mass is 35.5. The van der Waals surface area contributed by atoms with Gasteiger partial charge in [-0.2, -0.15) is 0 Å². The maximum absolute atomic E-state index is 12.6. The summed E-state index contributed by atoms with van der Waals surface area (Å²) in [5, 5.41) is 12.9. The second-order valence-electron chi connectivity index (χ2n) is 7.06. The minimum atomic E-state index is -0.147. The van der Waals surface area contributed by atoms with Gasteiger partial charge in [-0.3, -0.25) is 9.36 Å². The van der Waals surface area contributed by atoms with Gasteiger partial charge in [0.25, 0.3) is 0 Å². The topological polar surface area (TPSA) is 69.0 Å². The molecule has 0 fully saturated rings. The molecule has 0 aliphatic heterocycles. The molecule has 0 aliphatic carbocycles. The van der Waals surface area contributed by atoms with Crippen molar-refractivity contribution in [3.63, 3.8) is 0 Å². The molecule has 6 nitrogen and oxygen atoms in total. The normalized spacial score (nSPS) is 10.7. The fourth-order valence-corrected chi connectivity index (χ4v) is 4.07. The fraction of sp³-hybridized carbons (Fsp3) is 0.125. The van der Waals surface area contributed by atoms with Crippen molar-refractivity contribution >= 4 is 35.0 Å². The Kier molecular flexibility index (Phi) is 6.78. The number of thioether (sulfide) groups is 1. The number of nitrogens with zero attached hydrogens (tertiary/aromatic N) is 3. The first-order chi connectivity index (χ1) is 15.5. The molecule has 162 valence electrons. The van der Waals surface area contributed by atoms with Crippen molar-refractivity contribution in [1.29, 1.82) is 0 Å². The average Bonchev–Trinajstić information content (AvgIpc) is 3.22. The van der Waals surface area contributed by atoms with E-state index in [1.165, 1.54) is 11.8 Å². The van der Waals surface area contributed by atoms with Crippen LogP contribution in [0.3, 0.4) is 0 Å². The molecule has 8 heteroatoms. The molecular formula is C24H21ClN4O2S. The van der Waals surface area contributed by atoms with Crippen LogP contribution in [0.15, 0.2) is 78.0 Å². The first-order valence-corrected chi connectivity index (χ1v) is 11.2. The number of methoxy groups -OCH3 is 1. The molecule has 1 amide bonds. The number of hydrogen-bond donors (Lipinski definition) is 1. The van der Waals surface area contributed by atoms with Gasteiger partial charge < -0.3 is 10.1 Å². The summed E-state index contributed by atoms with van der Waals surface area (Å²) in [6, 6.07) is 22.8. The second-order valence-corrected chi connectivity index (χ2v) is 8.44. The van der Waals surface area contributed by atoms with Crippen molar-refractivity contribution in [3.8, 4) is 22.8 Å². The van der Waals surface area contributed by atoms with Crippen LogP contribution in [-0.4, -0.2) is 33.5 Å². The standard InChI is InChI=1S/C24H21ClN4O2S/c1-16-9-11-20(12-10-16)29-23(17-5-3-6-18(25)13-17)27-28-24(29)32-15-22(30)26-19-7-4-8-21(14-19)31-2/h3-14H,15H2,1-2H3,(H,26,30). The van der Waals surface area contributed by atoms with E-state index < -0.39 is 0 Å². The number of hydrogen-bond acceptors (Lipinski definition) is 5. The van der Waals surface area contributed by atoms with E-state index in [0.717, 1.165) is 16.8 Å². The lowest BCUT2D eigenvalue weighted by molar-refractivity contribution is -0.113. The molecule has 1 N–H and O–H groups in total. The smallest absolute Gasteiger partial charge is 0.234 e. The molecule has 0 saturated carbocycles. The molecule has 3 aromatic carbocycles. The van der Waals surface area contributed by atoms with Crippen LogP contribution in [0.25, 0.3) is 17.1 Å². The summed E-state index contributed by atoms with van der Waals surface area (Å²) in [6.07, 6.45) is 0. The van der Waals surface area contributed by atoms with E-state index in [0.29, 0.717) is 27.4 Å². The van der Waals surface area contributed by atoms with Crippen molar-refractivity contribution in [1.82, 2.24) is 14.8 Å². The molecule has 0 saturated heterocycles. The van der Waals surface area contributed by atoms with Gasteiger partial charge >= 0.3 is 0 Å². The summed E-state index contributed by atoms with van der Waals surface area (Å²) >= 11 is 7.51. The SMILES string of the molecule is COc1cccc(NC(=O)CSc2nnc(-c3cccc(Cl)c3)n2-c2ccc(C)cc2)c1. The molecule has 0 radical (unpaired) electrons. The maximum Gasteiger partial charge on any atom is 0.234 e. The van der Waals surface area contributed by atoms with Crippen LogP contribution in [0.1, 0.15) is 5.56 Å². The summed E-state index contributed by atoms with van der Waals surface area (Å²) in [7, 11) is 1.59. The third-order valence-corrected chi connectivity index (χ3v) is 5.86. The summed E-state index contributed by atoms with van der Waals surface area (Å²) in [6.45, 7) is 2.03. The molecule has 0 atom stereocenters. The molecule has 1 heterocycles. The lowest BCUT2D eigenvalue weighted by atomic mass is 10.2. The van der Waals surface area contributed by atoms with Crippen LogP contribution in [0, 0.1) is 6.92 Å². The first-order valence-electron chi connectivity index (χ1n) is 9.88. The van der Waals surface area contributed by atoms with Crippen LogP contribution in [-0.2, 0) is 4.79 Å². The van der Waals surface area contributed by atoms with E-state index in [1.54, 1.807) is 13.2 Å². The predicted octanol–water partition coefficient (Wildman–Crippen LogP) is 5.64. The van der Waals surface area contributed by atoms with Gasteiger partial charge in [0, 0.05) is 28.0 Å². The molecule has 1 aromatic heterocycles. The Bertz CT molecular complexity index is 1240. The zero-order valence-electron chi connectivity index (χ0n) is 17.6. The number of halogens is 1. The highest BCUT2D eigenvalue weighted by Crippen LogP contribution is 2.29. The monoisotopic (exact) mass is 464 g/mol. The number of rotatable bonds is 7. The number of carbonyl (C=O) groups excluding carboxylic acids is 1. The minimum absolute atomic E-state index is 0.147. The van der Waals surface area contributed by atoms with Crippen LogP contribution >= 0.6 is 23.4 Å². The molecule has 32 heavy (non-hydrogen) atoms. The molecule has 0 unspecified atom stereocenters. The Morgan fingerprint density at radius 3 is 2.59 bits per heavy atom. The third-order valence-electron chi connectivity index (χ3n) is 4.69. The van der Waals surface area contributed by atoms with E-state index in [1.807, 2.05) is 78.2 Å². The quantitative estimate of drug-likeness (QED) is 0.359. The highest BCUT2D eigenvalue weighted by molar-refractivity contribution is 7.99. The van der Waals surface area contributed by atoms with Gasteiger partial charge in [-0.1, -0.05) is 59.3 Å². The van der Waals surface area contributed by atoms with Gasteiger partial charge in [-0.15, -0.1) is 10.2 Å². The molecule has 0 bridgehead atoms. The highest BCUT2D eigenvalue weighted by Gasteiger charge is 2.17. The van der Waals surface area contributed by atoms with Crippen LogP contribution in [0.4, 0.5) is 5.69 Å². The first kappa shape index (κ1) is 21.9. The summed E-state index contributed by atoms with van der Waals surface area (Å²) in [4.78, 5) is 12.6. The summed E-state index contributed by atoms with van der Waals surface area (Å²) in [5.74, 6) is 1.37. The Morgan fingerprint density at radius 2 is 1.84 bits per heavy atom. The molecule has 4 rings (SSSR count). The van der Waals surface area contributed by atoms with Gasteiger partial charge in [-0.25, -0.2) is 0 Å². The lowest BCUT2D eigenvalue weighted by Crippen LogP contribution is -2.14. The maximum atomic E-state index is 12.6. The third kappa shape index (κ3) is 5.12. The van der Waals surface area contributed by atoms with Crippen LogP contribution < -0.4 is 10.1 Å². The van der Waals surface area contributed by atoms with E-state index >= 15 is 0 Å². The van der Waals surface area contributed by atoms with E-state index in [9.17, 15) is 4.79 Å². The van der Waals surface area contributed by atoms with E-state index in [2.05, 4.69) is 15.5 Å². The van der Waals surface area contributed by atoms with Gasteiger partial charge in [-0.05, 0) is 43.3 Å². The van der Waals surface area contributed by atoms with E-state index in [4.69, 9.17) is 16.3 Å². The Balaban J connectivity index is 1.59. The van der Waals surface area contributed by atoms with Crippen molar-refractivity contribution in [3.05, 3.63) is 83.4 Å². The summed E-state index contributed by atoms with van der Waals surface area (Å²) < 4.78 is 7.14. The van der Waals surface area contributed by atoms with E-state index in [-0.39, 0.29) is 11.7 Å². The zero-order valence-corrected chi connectivity index (χ0v) is 19.2. The minimum Gasteiger partial charge on any atom is -0.497 e. The number of carbonyl (C=O) groups is 1. The van der Waals surface area contributed by atoms with Crippen molar-refractivity contribution in [2.75, 3.05) is 18.2 Å². The molecule has 0 spiro atoms. The van der Waals surface area contributed by atoms with Crippen molar-refractivity contribution < 1.29 is 9.53 Å².